The van der Waals surface area contributed by atoms with Crippen molar-refractivity contribution in [2.24, 2.45) is 5.92 Å². The van der Waals surface area contributed by atoms with E-state index in [2.05, 4.69) is 10.2 Å². The number of carbonyl (C=O) groups excluding carboxylic acids is 1. The van der Waals surface area contributed by atoms with E-state index >= 15 is 0 Å². The van der Waals surface area contributed by atoms with E-state index in [1.165, 1.54) is 6.07 Å². The van der Waals surface area contributed by atoms with Crippen LogP contribution in [0.25, 0.3) is 10.2 Å². The summed E-state index contributed by atoms with van der Waals surface area (Å²) >= 11 is 1.57. The second-order valence-corrected chi connectivity index (χ2v) is 7.97. The molecule has 5 nitrogen and oxygen atoms in total. The monoisotopic (exact) mass is 417 g/mol. The van der Waals surface area contributed by atoms with Gasteiger partial charge in [0.25, 0.3) is 0 Å². The highest BCUT2D eigenvalue weighted by molar-refractivity contribution is 7.22. The largest absolute Gasteiger partial charge is 0.494 e. The van der Waals surface area contributed by atoms with Crippen LogP contribution in [0, 0.1) is 17.6 Å². The van der Waals surface area contributed by atoms with Gasteiger partial charge in [-0.05, 0) is 50.1 Å². The number of benzene rings is 2. The van der Waals surface area contributed by atoms with E-state index in [0.717, 1.165) is 46.2 Å². The molecule has 2 aromatic carbocycles. The van der Waals surface area contributed by atoms with Crippen molar-refractivity contribution >= 4 is 38.3 Å². The smallest absolute Gasteiger partial charge is 0.229 e. The van der Waals surface area contributed by atoms with Gasteiger partial charge in [-0.1, -0.05) is 11.3 Å². The van der Waals surface area contributed by atoms with Gasteiger partial charge in [0.05, 0.1) is 28.4 Å². The Kier molecular flexibility index (Phi) is 5.62. The quantitative estimate of drug-likeness (QED) is 0.646. The first-order chi connectivity index (χ1) is 14.0. The molecule has 2 heterocycles. The number of hydrogen-bond acceptors (Lipinski definition) is 5. The van der Waals surface area contributed by atoms with Crippen molar-refractivity contribution in [2.45, 2.75) is 19.8 Å². The van der Waals surface area contributed by atoms with Crippen LogP contribution in [-0.2, 0) is 4.79 Å². The number of halogens is 2. The summed E-state index contributed by atoms with van der Waals surface area (Å²) in [5, 5.41) is 3.45. The highest BCUT2D eigenvalue weighted by atomic mass is 32.1. The van der Waals surface area contributed by atoms with Gasteiger partial charge < -0.3 is 15.0 Å². The molecular weight excluding hydrogens is 396 g/mol. The van der Waals surface area contributed by atoms with Gasteiger partial charge in [0.1, 0.15) is 17.4 Å². The van der Waals surface area contributed by atoms with E-state index in [9.17, 15) is 13.6 Å². The summed E-state index contributed by atoms with van der Waals surface area (Å²) in [6.45, 7) is 3.87. The normalized spacial score (nSPS) is 16.8. The second kappa shape index (κ2) is 8.32. The fourth-order valence-corrected chi connectivity index (χ4v) is 4.50. The molecule has 1 saturated heterocycles. The topological polar surface area (TPSA) is 54.5 Å². The van der Waals surface area contributed by atoms with Crippen LogP contribution in [0.15, 0.2) is 36.4 Å². The van der Waals surface area contributed by atoms with Crippen molar-refractivity contribution < 1.29 is 18.3 Å². The molecule has 0 aliphatic carbocycles. The van der Waals surface area contributed by atoms with E-state index in [4.69, 9.17) is 9.72 Å². The predicted molar refractivity (Wildman–Crippen MR) is 111 cm³/mol. The second-order valence-electron chi connectivity index (χ2n) is 6.96. The first-order valence-corrected chi connectivity index (χ1v) is 10.4. The number of carbonyl (C=O) groups is 1. The summed E-state index contributed by atoms with van der Waals surface area (Å²) in [4.78, 5) is 19.4. The lowest BCUT2D eigenvalue weighted by molar-refractivity contribution is -0.120. The molecule has 4 rings (SSSR count). The number of nitrogens with one attached hydrogen (secondary N) is 1. The Hall–Kier alpha value is -2.74. The van der Waals surface area contributed by atoms with Gasteiger partial charge in [0.2, 0.25) is 5.91 Å². The average molecular weight is 417 g/mol. The molecule has 1 N–H and O–H groups in total. The summed E-state index contributed by atoms with van der Waals surface area (Å²) in [6.07, 6.45) is 1.55. The number of fused-ring (bicyclic) bond motifs is 1. The fourth-order valence-electron chi connectivity index (χ4n) is 3.48. The van der Waals surface area contributed by atoms with Gasteiger partial charge in [-0.25, -0.2) is 13.8 Å². The van der Waals surface area contributed by atoms with Crippen LogP contribution in [0.5, 0.6) is 5.75 Å². The molecular formula is C21H21F2N3O2S. The van der Waals surface area contributed by atoms with Gasteiger partial charge in [-0.3, -0.25) is 4.79 Å². The Balaban J connectivity index is 1.47. The van der Waals surface area contributed by atoms with Gasteiger partial charge in [-0.2, -0.15) is 0 Å². The van der Waals surface area contributed by atoms with Crippen LogP contribution < -0.4 is 15.0 Å². The number of anilines is 2. The third-order valence-corrected chi connectivity index (χ3v) is 5.99. The Labute approximate surface area is 171 Å². The minimum Gasteiger partial charge on any atom is -0.494 e. The summed E-state index contributed by atoms with van der Waals surface area (Å²) in [5.41, 5.74) is 0.894. The van der Waals surface area contributed by atoms with Crippen molar-refractivity contribution in [3.8, 4) is 5.75 Å². The third kappa shape index (κ3) is 4.32. The zero-order valence-corrected chi connectivity index (χ0v) is 16.8. The van der Waals surface area contributed by atoms with Crippen LogP contribution in [-0.4, -0.2) is 30.6 Å². The van der Waals surface area contributed by atoms with Gasteiger partial charge in [-0.15, -0.1) is 0 Å². The Morgan fingerprint density at radius 3 is 2.97 bits per heavy atom. The van der Waals surface area contributed by atoms with E-state index in [1.54, 1.807) is 11.3 Å². The number of rotatable bonds is 5. The summed E-state index contributed by atoms with van der Waals surface area (Å²) < 4.78 is 33.5. The maximum atomic E-state index is 13.8. The number of piperidine rings is 1. The molecule has 8 heteroatoms. The first kappa shape index (κ1) is 19.6. The van der Waals surface area contributed by atoms with E-state index in [0.29, 0.717) is 19.6 Å². The SMILES string of the molecule is CCOc1ccc2nc(N3CCC[C@@H](C(=O)Nc4ccc(F)cc4F)C3)sc2c1. The molecule has 0 spiro atoms. The molecule has 0 saturated carbocycles. The molecule has 3 aromatic rings. The highest BCUT2D eigenvalue weighted by Crippen LogP contribution is 2.33. The first-order valence-electron chi connectivity index (χ1n) is 9.57. The molecule has 1 atom stereocenters. The predicted octanol–water partition coefficient (Wildman–Crippen LogP) is 4.83. The van der Waals surface area contributed by atoms with Gasteiger partial charge in [0.15, 0.2) is 5.13 Å². The lowest BCUT2D eigenvalue weighted by Crippen LogP contribution is -2.40. The summed E-state index contributed by atoms with van der Waals surface area (Å²) in [7, 11) is 0. The van der Waals surface area contributed by atoms with Gasteiger partial charge in [0, 0.05) is 19.2 Å². The molecule has 1 fully saturated rings. The minimum atomic E-state index is -0.776. The van der Waals surface area contributed by atoms with Crippen LogP contribution in [0.1, 0.15) is 19.8 Å². The Bertz CT molecular complexity index is 1040. The van der Waals surface area contributed by atoms with Crippen molar-refractivity contribution in [1.29, 1.82) is 0 Å². The van der Waals surface area contributed by atoms with Crippen LogP contribution in [0.4, 0.5) is 19.6 Å². The molecule has 0 unspecified atom stereocenters. The number of thiazole rings is 1. The van der Waals surface area contributed by atoms with Crippen molar-refractivity contribution in [2.75, 3.05) is 29.9 Å². The Morgan fingerprint density at radius 2 is 2.17 bits per heavy atom. The number of amides is 1. The number of hydrogen-bond donors (Lipinski definition) is 1. The minimum absolute atomic E-state index is 0.00281. The average Bonchev–Trinajstić information content (AvgIpc) is 3.14. The van der Waals surface area contributed by atoms with Crippen LogP contribution in [0.2, 0.25) is 0 Å². The number of ether oxygens (including phenoxy) is 1. The van der Waals surface area contributed by atoms with Crippen molar-refractivity contribution in [3.05, 3.63) is 48.0 Å². The van der Waals surface area contributed by atoms with E-state index in [-0.39, 0.29) is 17.5 Å². The lowest BCUT2D eigenvalue weighted by Gasteiger charge is -2.31. The van der Waals surface area contributed by atoms with Crippen LogP contribution in [0.3, 0.4) is 0 Å². The summed E-state index contributed by atoms with van der Waals surface area (Å²) in [6, 6.07) is 8.95. The fraction of sp³-hybridized carbons (Fsp3) is 0.333. The number of aromatic nitrogens is 1. The van der Waals surface area contributed by atoms with E-state index < -0.39 is 11.6 Å². The van der Waals surface area contributed by atoms with E-state index in [1.807, 2.05) is 25.1 Å². The zero-order valence-electron chi connectivity index (χ0n) is 16.0. The number of nitrogens with zero attached hydrogens (tertiary/aromatic N) is 2. The Morgan fingerprint density at radius 1 is 1.31 bits per heavy atom. The maximum Gasteiger partial charge on any atom is 0.229 e. The molecule has 0 radical (unpaired) electrons. The molecule has 1 aliphatic heterocycles. The van der Waals surface area contributed by atoms with Crippen LogP contribution >= 0.6 is 11.3 Å². The lowest BCUT2D eigenvalue weighted by atomic mass is 9.97. The molecule has 1 aliphatic rings. The summed E-state index contributed by atoms with van der Waals surface area (Å²) in [5.74, 6) is -1.19. The van der Waals surface area contributed by atoms with Crippen molar-refractivity contribution in [1.82, 2.24) is 4.98 Å². The van der Waals surface area contributed by atoms with Gasteiger partial charge >= 0.3 is 0 Å². The molecule has 1 aromatic heterocycles. The highest BCUT2D eigenvalue weighted by Gasteiger charge is 2.28. The zero-order chi connectivity index (χ0) is 20.4. The molecule has 29 heavy (non-hydrogen) atoms. The molecule has 152 valence electrons. The van der Waals surface area contributed by atoms with Crippen molar-refractivity contribution in [3.63, 3.8) is 0 Å². The standard InChI is InChI=1S/C21H21F2N3O2S/c1-2-28-15-6-8-18-19(11-15)29-21(25-18)26-9-3-4-13(12-26)20(27)24-17-7-5-14(22)10-16(17)23/h5-8,10-11,13H,2-4,9,12H2,1H3,(H,24,27)/t13-/m1/s1. The molecule has 1 amide bonds. The molecule has 0 bridgehead atoms. The maximum absolute atomic E-state index is 13.8. The third-order valence-electron chi connectivity index (χ3n) is 4.91.